The molecule has 0 aliphatic rings. The Hall–Kier alpha value is -1.74. The summed E-state index contributed by atoms with van der Waals surface area (Å²) in [4.78, 5) is 12.3. The zero-order valence-electron chi connectivity index (χ0n) is 13.9. The minimum absolute atomic E-state index is 0.000720. The lowest BCUT2D eigenvalue weighted by Crippen LogP contribution is -2.39. The van der Waals surface area contributed by atoms with Gasteiger partial charge < -0.3 is 5.32 Å². The molecule has 0 fully saturated rings. The molecule has 2 rings (SSSR count). The Morgan fingerprint density at radius 3 is 2.24 bits per heavy atom. The SMILES string of the molecule is CC(NC(C)c1ccccc1Br)C(=O)Nc1ccc(S(N)(=O)=O)cc1. The number of carbonyl (C=O) groups is 1. The predicted octanol–water partition coefficient (Wildman–Crippen LogP) is 2.77. The van der Waals surface area contributed by atoms with Crippen LogP contribution in [0.3, 0.4) is 0 Å². The van der Waals surface area contributed by atoms with Crippen molar-refractivity contribution >= 4 is 37.5 Å². The van der Waals surface area contributed by atoms with Crippen LogP contribution >= 0.6 is 15.9 Å². The molecule has 0 saturated carbocycles. The van der Waals surface area contributed by atoms with Crippen molar-refractivity contribution in [3.63, 3.8) is 0 Å². The molecule has 4 N–H and O–H groups in total. The summed E-state index contributed by atoms with van der Waals surface area (Å²) < 4.78 is 23.4. The van der Waals surface area contributed by atoms with Crippen molar-refractivity contribution in [1.29, 1.82) is 0 Å². The molecule has 1 amide bonds. The van der Waals surface area contributed by atoms with Gasteiger partial charge in [0.15, 0.2) is 0 Å². The normalized spacial score (nSPS) is 13.9. The predicted molar refractivity (Wildman–Crippen MR) is 102 cm³/mol. The highest BCUT2D eigenvalue weighted by atomic mass is 79.9. The monoisotopic (exact) mass is 425 g/mol. The second-order valence-electron chi connectivity index (χ2n) is 5.69. The Labute approximate surface area is 156 Å². The highest BCUT2D eigenvalue weighted by molar-refractivity contribution is 9.10. The van der Waals surface area contributed by atoms with Gasteiger partial charge >= 0.3 is 0 Å². The number of hydrogen-bond donors (Lipinski definition) is 3. The van der Waals surface area contributed by atoms with E-state index in [1.165, 1.54) is 24.3 Å². The van der Waals surface area contributed by atoms with E-state index in [0.717, 1.165) is 10.0 Å². The first-order chi connectivity index (χ1) is 11.7. The zero-order valence-corrected chi connectivity index (χ0v) is 16.3. The summed E-state index contributed by atoms with van der Waals surface area (Å²) in [5, 5.41) is 11.0. The molecule has 0 radical (unpaired) electrons. The maximum absolute atomic E-state index is 12.3. The molecule has 0 saturated heterocycles. The van der Waals surface area contributed by atoms with Crippen molar-refractivity contribution in [1.82, 2.24) is 5.32 Å². The second-order valence-corrected chi connectivity index (χ2v) is 8.11. The van der Waals surface area contributed by atoms with Gasteiger partial charge in [0, 0.05) is 16.2 Å². The Kier molecular flexibility index (Phi) is 6.34. The summed E-state index contributed by atoms with van der Waals surface area (Å²) in [7, 11) is -3.74. The summed E-state index contributed by atoms with van der Waals surface area (Å²) in [5.41, 5.74) is 1.55. The van der Waals surface area contributed by atoms with E-state index >= 15 is 0 Å². The molecular formula is C17H20BrN3O3S. The standard InChI is InChI=1S/C17H20BrN3O3S/c1-11(15-5-3-4-6-16(15)18)20-12(2)17(22)21-13-7-9-14(10-8-13)25(19,23)24/h3-12,20H,1-2H3,(H,21,22)(H2,19,23,24). The van der Waals surface area contributed by atoms with Crippen LogP contribution in [0.1, 0.15) is 25.5 Å². The fourth-order valence-corrected chi connectivity index (χ4v) is 3.49. The molecule has 2 aromatic carbocycles. The van der Waals surface area contributed by atoms with Crippen LogP contribution in [0.2, 0.25) is 0 Å². The molecule has 0 spiro atoms. The fourth-order valence-electron chi connectivity index (χ4n) is 2.35. The van der Waals surface area contributed by atoms with Crippen molar-refractivity contribution in [2.75, 3.05) is 5.32 Å². The van der Waals surface area contributed by atoms with Crippen LogP contribution in [-0.2, 0) is 14.8 Å². The van der Waals surface area contributed by atoms with E-state index in [4.69, 9.17) is 5.14 Å². The van der Waals surface area contributed by atoms with Crippen LogP contribution < -0.4 is 15.8 Å². The largest absolute Gasteiger partial charge is 0.325 e. The van der Waals surface area contributed by atoms with Crippen LogP contribution in [0, 0.1) is 0 Å². The lowest BCUT2D eigenvalue weighted by Gasteiger charge is -2.21. The van der Waals surface area contributed by atoms with Gasteiger partial charge in [-0.25, -0.2) is 13.6 Å². The summed E-state index contributed by atoms with van der Waals surface area (Å²) in [6, 6.07) is 13.0. The van der Waals surface area contributed by atoms with E-state index < -0.39 is 16.1 Å². The van der Waals surface area contributed by atoms with Gasteiger partial charge in [-0.2, -0.15) is 0 Å². The number of amides is 1. The summed E-state index contributed by atoms with van der Waals surface area (Å²) >= 11 is 3.50. The van der Waals surface area contributed by atoms with E-state index in [9.17, 15) is 13.2 Å². The van der Waals surface area contributed by atoms with Crippen LogP contribution in [-0.4, -0.2) is 20.4 Å². The molecule has 134 valence electrons. The van der Waals surface area contributed by atoms with Crippen LogP contribution in [0.5, 0.6) is 0 Å². The molecular weight excluding hydrogens is 406 g/mol. The van der Waals surface area contributed by atoms with E-state index in [0.29, 0.717) is 5.69 Å². The van der Waals surface area contributed by atoms with Gasteiger partial charge in [0.05, 0.1) is 10.9 Å². The number of hydrogen-bond acceptors (Lipinski definition) is 4. The quantitative estimate of drug-likeness (QED) is 0.661. The number of anilines is 1. The molecule has 0 aliphatic heterocycles. The molecule has 25 heavy (non-hydrogen) atoms. The molecule has 0 bridgehead atoms. The van der Waals surface area contributed by atoms with Crippen molar-refractivity contribution in [3.8, 4) is 0 Å². The number of nitrogens with one attached hydrogen (secondary N) is 2. The Balaban J connectivity index is 1.99. The maximum Gasteiger partial charge on any atom is 0.241 e. The average Bonchev–Trinajstić information content (AvgIpc) is 2.54. The lowest BCUT2D eigenvalue weighted by molar-refractivity contribution is -0.117. The number of benzene rings is 2. The number of carbonyl (C=O) groups excluding carboxylic acids is 1. The van der Waals surface area contributed by atoms with E-state index in [2.05, 4.69) is 26.6 Å². The number of sulfonamides is 1. The molecule has 2 unspecified atom stereocenters. The molecule has 0 aromatic heterocycles. The van der Waals surface area contributed by atoms with Crippen molar-refractivity contribution in [2.24, 2.45) is 5.14 Å². The molecule has 0 heterocycles. The number of nitrogens with two attached hydrogens (primary N) is 1. The van der Waals surface area contributed by atoms with Gasteiger partial charge in [0.25, 0.3) is 0 Å². The third-order valence-corrected chi connectivity index (χ3v) is 5.37. The fraction of sp³-hybridized carbons (Fsp3) is 0.235. The van der Waals surface area contributed by atoms with Crippen LogP contribution in [0.15, 0.2) is 57.9 Å². The van der Waals surface area contributed by atoms with Crippen LogP contribution in [0.25, 0.3) is 0 Å². The van der Waals surface area contributed by atoms with Crippen molar-refractivity contribution in [3.05, 3.63) is 58.6 Å². The van der Waals surface area contributed by atoms with E-state index in [1.54, 1.807) is 6.92 Å². The highest BCUT2D eigenvalue weighted by Gasteiger charge is 2.18. The zero-order chi connectivity index (χ0) is 18.6. The smallest absolute Gasteiger partial charge is 0.241 e. The van der Waals surface area contributed by atoms with Gasteiger partial charge in [-0.1, -0.05) is 34.1 Å². The average molecular weight is 426 g/mol. The Bertz CT molecular complexity index is 854. The molecule has 6 nitrogen and oxygen atoms in total. The molecule has 2 aromatic rings. The Morgan fingerprint density at radius 2 is 1.68 bits per heavy atom. The number of rotatable bonds is 6. The first-order valence-electron chi connectivity index (χ1n) is 7.62. The van der Waals surface area contributed by atoms with Gasteiger partial charge in [-0.3, -0.25) is 10.1 Å². The lowest BCUT2D eigenvalue weighted by atomic mass is 10.1. The first kappa shape index (κ1) is 19.6. The first-order valence-corrected chi connectivity index (χ1v) is 9.96. The third-order valence-electron chi connectivity index (χ3n) is 3.72. The molecule has 0 aliphatic carbocycles. The topological polar surface area (TPSA) is 101 Å². The number of primary sulfonamides is 1. The van der Waals surface area contributed by atoms with Crippen molar-refractivity contribution < 1.29 is 13.2 Å². The minimum Gasteiger partial charge on any atom is -0.325 e. The summed E-state index contributed by atoms with van der Waals surface area (Å²) in [5.74, 6) is -0.220. The third kappa shape index (κ3) is 5.37. The summed E-state index contributed by atoms with van der Waals surface area (Å²) in [6.45, 7) is 3.74. The Morgan fingerprint density at radius 1 is 1.08 bits per heavy atom. The van der Waals surface area contributed by atoms with Gasteiger partial charge in [-0.15, -0.1) is 0 Å². The number of halogens is 1. The summed E-state index contributed by atoms with van der Waals surface area (Å²) in [6.07, 6.45) is 0. The molecule has 2 atom stereocenters. The van der Waals surface area contributed by atoms with Gasteiger partial charge in [0.2, 0.25) is 15.9 Å². The molecule has 8 heteroatoms. The highest BCUT2D eigenvalue weighted by Crippen LogP contribution is 2.23. The second kappa shape index (κ2) is 8.09. The van der Waals surface area contributed by atoms with Crippen LogP contribution in [0.4, 0.5) is 5.69 Å². The minimum atomic E-state index is -3.74. The van der Waals surface area contributed by atoms with E-state index in [-0.39, 0.29) is 16.8 Å². The maximum atomic E-state index is 12.3. The van der Waals surface area contributed by atoms with E-state index in [1.807, 2.05) is 31.2 Å². The van der Waals surface area contributed by atoms with Gasteiger partial charge in [0.1, 0.15) is 0 Å². The van der Waals surface area contributed by atoms with Crippen molar-refractivity contribution in [2.45, 2.75) is 30.8 Å². The van der Waals surface area contributed by atoms with Gasteiger partial charge in [-0.05, 0) is 49.7 Å².